The van der Waals surface area contributed by atoms with E-state index in [-0.39, 0.29) is 12.5 Å². The highest BCUT2D eigenvalue weighted by atomic mass is 16.5. The number of rotatable bonds is 3. The Hall–Kier alpha value is -3.34. The van der Waals surface area contributed by atoms with Crippen LogP contribution in [0.4, 0.5) is 5.69 Å². The van der Waals surface area contributed by atoms with Crippen LogP contribution >= 0.6 is 0 Å². The van der Waals surface area contributed by atoms with Crippen LogP contribution in [-0.4, -0.2) is 24.5 Å². The number of ether oxygens (including phenoxy) is 2. The van der Waals surface area contributed by atoms with Gasteiger partial charge in [-0.05, 0) is 30.5 Å². The van der Waals surface area contributed by atoms with Crippen molar-refractivity contribution in [2.45, 2.75) is 13.0 Å². The van der Waals surface area contributed by atoms with Crippen molar-refractivity contribution in [2.75, 3.05) is 11.4 Å². The molecule has 0 spiro atoms. The van der Waals surface area contributed by atoms with E-state index in [2.05, 4.69) is 0 Å². The zero-order valence-corrected chi connectivity index (χ0v) is 14.2. The first-order valence-corrected chi connectivity index (χ1v) is 8.39. The molecule has 1 heterocycles. The molecule has 130 valence electrons. The van der Waals surface area contributed by atoms with Gasteiger partial charge in [0.1, 0.15) is 18.0 Å². The molecule has 1 atom stereocenters. The summed E-state index contributed by atoms with van der Waals surface area (Å²) in [4.78, 5) is 26.4. The van der Waals surface area contributed by atoms with Crippen molar-refractivity contribution in [3.63, 3.8) is 0 Å². The summed E-state index contributed by atoms with van der Waals surface area (Å²) in [6.07, 6.45) is -0.643. The number of nitrogens with zero attached hydrogens (tertiary/aromatic N) is 1. The number of hydrogen-bond donors (Lipinski definition) is 0. The minimum atomic E-state index is -0.643. The summed E-state index contributed by atoms with van der Waals surface area (Å²) >= 11 is 0. The molecule has 3 aromatic rings. The Morgan fingerprint density at radius 1 is 1.04 bits per heavy atom. The number of esters is 1. The van der Waals surface area contributed by atoms with E-state index in [0.29, 0.717) is 17.2 Å². The molecule has 1 aliphatic heterocycles. The summed E-state index contributed by atoms with van der Waals surface area (Å²) in [6, 6.07) is 20.4. The minimum Gasteiger partial charge on any atom is -0.479 e. The molecule has 0 saturated carbocycles. The topological polar surface area (TPSA) is 55.8 Å². The highest BCUT2D eigenvalue weighted by Crippen LogP contribution is 2.33. The summed E-state index contributed by atoms with van der Waals surface area (Å²) in [7, 11) is 0. The van der Waals surface area contributed by atoms with Crippen LogP contribution in [0.25, 0.3) is 10.8 Å². The van der Waals surface area contributed by atoms with Gasteiger partial charge in [-0.1, -0.05) is 48.5 Å². The van der Waals surface area contributed by atoms with Crippen molar-refractivity contribution >= 4 is 28.3 Å². The lowest BCUT2D eigenvalue weighted by molar-refractivity contribution is -0.135. The van der Waals surface area contributed by atoms with E-state index in [0.717, 1.165) is 10.8 Å². The van der Waals surface area contributed by atoms with Crippen LogP contribution in [0.5, 0.6) is 11.5 Å². The van der Waals surface area contributed by atoms with Gasteiger partial charge in [-0.15, -0.1) is 0 Å². The van der Waals surface area contributed by atoms with Crippen LogP contribution in [0, 0.1) is 0 Å². The molecule has 1 aliphatic rings. The van der Waals surface area contributed by atoms with Crippen LogP contribution < -0.4 is 14.4 Å². The molecular formula is C21H17NO4. The zero-order valence-electron chi connectivity index (χ0n) is 14.2. The number of carbonyl (C=O) groups excluding carboxylic acids is 2. The average Bonchev–Trinajstić information content (AvgIpc) is 2.66. The molecule has 5 heteroatoms. The van der Waals surface area contributed by atoms with Crippen molar-refractivity contribution in [1.82, 2.24) is 0 Å². The lowest BCUT2D eigenvalue weighted by atomic mass is 10.1. The average molecular weight is 347 g/mol. The van der Waals surface area contributed by atoms with Gasteiger partial charge >= 0.3 is 5.97 Å². The van der Waals surface area contributed by atoms with Crippen LogP contribution in [0.3, 0.4) is 0 Å². The molecule has 26 heavy (non-hydrogen) atoms. The van der Waals surface area contributed by atoms with Gasteiger partial charge in [0.15, 0.2) is 6.10 Å². The Kier molecular flexibility index (Phi) is 4.05. The first-order valence-electron chi connectivity index (χ1n) is 8.39. The van der Waals surface area contributed by atoms with E-state index >= 15 is 0 Å². The van der Waals surface area contributed by atoms with Gasteiger partial charge in [-0.2, -0.15) is 0 Å². The predicted octanol–water partition coefficient (Wildman–Crippen LogP) is 3.56. The van der Waals surface area contributed by atoms with Gasteiger partial charge in [-0.25, -0.2) is 4.79 Å². The van der Waals surface area contributed by atoms with E-state index in [9.17, 15) is 9.59 Å². The number of fused-ring (bicyclic) bond motifs is 2. The smallest absolute Gasteiger partial charge is 0.331 e. The molecule has 1 amide bonds. The van der Waals surface area contributed by atoms with Crippen LogP contribution in [0.1, 0.15) is 6.92 Å². The minimum absolute atomic E-state index is 0.174. The van der Waals surface area contributed by atoms with Crippen molar-refractivity contribution in [3.05, 3.63) is 66.7 Å². The Morgan fingerprint density at radius 3 is 2.65 bits per heavy atom. The molecule has 0 bridgehead atoms. The SMILES string of the molecule is CC1Oc2ccccc2N(CC(=O)Oc2cccc3ccccc23)C1=O. The molecule has 0 radical (unpaired) electrons. The van der Waals surface area contributed by atoms with E-state index in [1.54, 1.807) is 31.2 Å². The molecule has 0 saturated heterocycles. The summed E-state index contributed by atoms with van der Waals surface area (Å²) in [5.74, 6) is 0.296. The fourth-order valence-corrected chi connectivity index (χ4v) is 3.09. The van der Waals surface area contributed by atoms with Gasteiger partial charge in [0.05, 0.1) is 5.69 Å². The lowest BCUT2D eigenvalue weighted by Crippen LogP contribution is -2.47. The Bertz CT molecular complexity index is 993. The maximum absolute atomic E-state index is 12.5. The lowest BCUT2D eigenvalue weighted by Gasteiger charge is -2.32. The fraction of sp³-hybridized carbons (Fsp3) is 0.143. The quantitative estimate of drug-likeness (QED) is 0.537. The van der Waals surface area contributed by atoms with Gasteiger partial charge < -0.3 is 9.47 Å². The van der Waals surface area contributed by atoms with Crippen molar-refractivity contribution in [1.29, 1.82) is 0 Å². The van der Waals surface area contributed by atoms with E-state index in [1.165, 1.54) is 4.90 Å². The molecule has 5 nitrogen and oxygen atoms in total. The van der Waals surface area contributed by atoms with Gasteiger partial charge in [0, 0.05) is 5.39 Å². The number of para-hydroxylation sites is 2. The highest BCUT2D eigenvalue weighted by molar-refractivity contribution is 6.03. The second-order valence-corrected chi connectivity index (χ2v) is 6.10. The standard InChI is InChI=1S/C21H17NO4/c1-14-21(24)22(17-10-4-5-11-19(17)25-14)13-20(23)26-18-12-6-8-15-7-2-3-9-16(15)18/h2-12,14H,13H2,1H3. The number of benzene rings is 3. The van der Waals surface area contributed by atoms with Crippen molar-refractivity contribution in [3.8, 4) is 11.5 Å². The molecule has 4 rings (SSSR count). The molecule has 1 unspecified atom stereocenters. The first-order chi connectivity index (χ1) is 12.6. The summed E-state index contributed by atoms with van der Waals surface area (Å²) < 4.78 is 11.1. The largest absolute Gasteiger partial charge is 0.479 e. The van der Waals surface area contributed by atoms with Crippen LogP contribution in [0.2, 0.25) is 0 Å². The van der Waals surface area contributed by atoms with Crippen molar-refractivity contribution in [2.24, 2.45) is 0 Å². The van der Waals surface area contributed by atoms with E-state index in [4.69, 9.17) is 9.47 Å². The molecule has 0 fully saturated rings. The third kappa shape index (κ3) is 2.88. The second-order valence-electron chi connectivity index (χ2n) is 6.10. The molecule has 0 aliphatic carbocycles. The van der Waals surface area contributed by atoms with Gasteiger partial charge in [-0.3, -0.25) is 9.69 Å². The number of hydrogen-bond acceptors (Lipinski definition) is 4. The number of anilines is 1. The van der Waals surface area contributed by atoms with E-state index < -0.39 is 12.1 Å². The molecule has 0 N–H and O–H groups in total. The van der Waals surface area contributed by atoms with Gasteiger partial charge in [0.25, 0.3) is 5.91 Å². The highest BCUT2D eigenvalue weighted by Gasteiger charge is 2.33. The normalized spacial score (nSPS) is 16.1. The third-order valence-corrected chi connectivity index (χ3v) is 4.33. The Balaban J connectivity index is 1.59. The monoisotopic (exact) mass is 347 g/mol. The maximum atomic E-state index is 12.5. The van der Waals surface area contributed by atoms with Gasteiger partial charge in [0.2, 0.25) is 0 Å². The first kappa shape index (κ1) is 16.1. The zero-order chi connectivity index (χ0) is 18.1. The predicted molar refractivity (Wildman–Crippen MR) is 98.5 cm³/mol. The maximum Gasteiger partial charge on any atom is 0.331 e. The summed E-state index contributed by atoms with van der Waals surface area (Å²) in [5, 5.41) is 1.84. The van der Waals surface area contributed by atoms with E-state index in [1.807, 2.05) is 42.5 Å². The van der Waals surface area contributed by atoms with Crippen LogP contribution in [-0.2, 0) is 9.59 Å². The second kappa shape index (κ2) is 6.52. The van der Waals surface area contributed by atoms with Crippen molar-refractivity contribution < 1.29 is 19.1 Å². The third-order valence-electron chi connectivity index (χ3n) is 4.33. The summed E-state index contributed by atoms with van der Waals surface area (Å²) in [6.45, 7) is 1.49. The number of carbonyl (C=O) groups is 2. The molecule has 3 aromatic carbocycles. The number of amides is 1. The summed E-state index contributed by atoms with van der Waals surface area (Å²) in [5.41, 5.74) is 0.575. The van der Waals surface area contributed by atoms with Crippen LogP contribution in [0.15, 0.2) is 66.7 Å². The molecule has 0 aromatic heterocycles. The molecular weight excluding hydrogens is 330 g/mol. The Labute approximate surface area is 150 Å². The Morgan fingerprint density at radius 2 is 1.77 bits per heavy atom. The fourth-order valence-electron chi connectivity index (χ4n) is 3.09.